The summed E-state index contributed by atoms with van der Waals surface area (Å²) >= 11 is 0. The first-order valence-corrected chi connectivity index (χ1v) is 10.3. The first-order chi connectivity index (χ1) is 14.0. The van der Waals surface area contributed by atoms with Gasteiger partial charge < -0.3 is 14.6 Å². The molecule has 4 rings (SSSR count). The van der Waals surface area contributed by atoms with Gasteiger partial charge in [0.15, 0.2) is 12.2 Å². The third-order valence-corrected chi connectivity index (χ3v) is 5.66. The average Bonchev–Trinajstić information content (AvgIpc) is 3.18. The predicted molar refractivity (Wildman–Crippen MR) is 114 cm³/mol. The van der Waals surface area contributed by atoms with Gasteiger partial charge in [0.05, 0.1) is 0 Å². The molecule has 0 amide bonds. The summed E-state index contributed by atoms with van der Waals surface area (Å²) in [5.74, 6) is 0.820. The van der Waals surface area contributed by atoms with E-state index in [1.807, 2.05) is 26.0 Å². The minimum Gasteiger partial charge on any atom is -0.508 e. The smallest absolute Gasteiger partial charge is 0.182 e. The lowest BCUT2D eigenvalue weighted by molar-refractivity contribution is 0.221. The van der Waals surface area contributed by atoms with Crippen LogP contribution >= 0.6 is 0 Å². The van der Waals surface area contributed by atoms with Crippen LogP contribution in [0.5, 0.6) is 11.5 Å². The molecule has 1 aliphatic heterocycles. The van der Waals surface area contributed by atoms with Crippen LogP contribution in [0, 0.1) is 0 Å². The predicted octanol–water partition coefficient (Wildman–Crippen LogP) is 5.53. The maximum absolute atomic E-state index is 10.4. The minimum absolute atomic E-state index is 0.0104. The number of likely N-dealkylation sites (tertiary alicyclic amines) is 1. The van der Waals surface area contributed by atoms with Crippen molar-refractivity contribution in [3.63, 3.8) is 0 Å². The number of nitrogens with zero attached hydrogens (tertiary/aromatic N) is 2. The zero-order valence-electron chi connectivity index (χ0n) is 17.1. The van der Waals surface area contributed by atoms with Gasteiger partial charge in [0.2, 0.25) is 0 Å². The van der Waals surface area contributed by atoms with E-state index in [1.165, 1.54) is 50.4 Å². The number of phenolic OH excluding ortho intramolecular Hbond substituents is 2. The van der Waals surface area contributed by atoms with Crippen molar-refractivity contribution >= 4 is 0 Å². The van der Waals surface area contributed by atoms with Crippen LogP contribution in [0.25, 0.3) is 22.6 Å². The van der Waals surface area contributed by atoms with Gasteiger partial charge in [0, 0.05) is 23.7 Å². The molecular weight excluding hydrogens is 364 g/mol. The number of phenols is 2. The number of piperidine rings is 1. The SMILES string of the molecule is CC(C)c1cc(-c2ncoc2-c2ccc(CN3CCCCC3)cc2)c(O)cc1O. The maximum atomic E-state index is 10.4. The molecule has 0 atom stereocenters. The fraction of sp³-hybridized carbons (Fsp3) is 0.375. The van der Waals surface area contributed by atoms with Gasteiger partial charge in [0.25, 0.3) is 0 Å². The van der Waals surface area contributed by atoms with Gasteiger partial charge in [0.1, 0.15) is 17.2 Å². The Morgan fingerprint density at radius 1 is 1.00 bits per heavy atom. The van der Waals surface area contributed by atoms with Gasteiger partial charge in [-0.25, -0.2) is 4.98 Å². The molecule has 0 bridgehead atoms. The quantitative estimate of drug-likeness (QED) is 0.597. The van der Waals surface area contributed by atoms with Crippen molar-refractivity contribution < 1.29 is 14.6 Å². The lowest BCUT2D eigenvalue weighted by atomic mass is 9.96. The van der Waals surface area contributed by atoms with E-state index in [1.54, 1.807) is 6.07 Å². The monoisotopic (exact) mass is 392 g/mol. The van der Waals surface area contributed by atoms with Crippen molar-refractivity contribution in [1.82, 2.24) is 9.88 Å². The Balaban J connectivity index is 1.62. The van der Waals surface area contributed by atoms with Crippen LogP contribution in [0.4, 0.5) is 0 Å². The second kappa shape index (κ2) is 8.29. The summed E-state index contributed by atoms with van der Waals surface area (Å²) in [5, 5.41) is 20.5. The minimum atomic E-state index is -0.0104. The third-order valence-electron chi connectivity index (χ3n) is 5.66. The van der Waals surface area contributed by atoms with Crippen LogP contribution in [-0.4, -0.2) is 33.2 Å². The number of benzene rings is 2. The van der Waals surface area contributed by atoms with Crippen LogP contribution in [0.1, 0.15) is 50.2 Å². The molecule has 2 heterocycles. The molecule has 2 N–H and O–H groups in total. The molecule has 0 saturated carbocycles. The number of hydrogen-bond acceptors (Lipinski definition) is 5. The van der Waals surface area contributed by atoms with E-state index in [9.17, 15) is 10.2 Å². The topological polar surface area (TPSA) is 69.7 Å². The Bertz CT molecular complexity index is 970. The molecule has 0 aliphatic carbocycles. The van der Waals surface area contributed by atoms with Gasteiger partial charge >= 0.3 is 0 Å². The highest BCUT2D eigenvalue weighted by Crippen LogP contribution is 2.41. The van der Waals surface area contributed by atoms with Crippen molar-refractivity contribution in [3.8, 4) is 34.1 Å². The molecule has 152 valence electrons. The lowest BCUT2D eigenvalue weighted by Crippen LogP contribution is -2.28. The molecule has 5 nitrogen and oxygen atoms in total. The van der Waals surface area contributed by atoms with Crippen molar-refractivity contribution in [2.75, 3.05) is 13.1 Å². The number of oxazole rings is 1. The summed E-state index contributed by atoms with van der Waals surface area (Å²) in [6.07, 6.45) is 5.31. The molecule has 0 radical (unpaired) electrons. The van der Waals surface area contributed by atoms with E-state index in [4.69, 9.17) is 4.42 Å². The average molecular weight is 392 g/mol. The van der Waals surface area contributed by atoms with Gasteiger partial charge in [-0.05, 0) is 49.0 Å². The highest BCUT2D eigenvalue weighted by atomic mass is 16.3. The fourth-order valence-corrected chi connectivity index (χ4v) is 4.03. The van der Waals surface area contributed by atoms with E-state index in [2.05, 4.69) is 22.0 Å². The van der Waals surface area contributed by atoms with Crippen LogP contribution in [0.3, 0.4) is 0 Å². The molecule has 29 heavy (non-hydrogen) atoms. The number of rotatable bonds is 5. The Morgan fingerprint density at radius 2 is 1.72 bits per heavy atom. The van der Waals surface area contributed by atoms with E-state index >= 15 is 0 Å². The molecule has 1 aliphatic rings. The number of aromatic hydroxyl groups is 2. The highest BCUT2D eigenvalue weighted by Gasteiger charge is 2.20. The zero-order chi connectivity index (χ0) is 20.4. The largest absolute Gasteiger partial charge is 0.508 e. The Morgan fingerprint density at radius 3 is 2.41 bits per heavy atom. The summed E-state index contributed by atoms with van der Waals surface area (Å²) in [7, 11) is 0. The standard InChI is InChI=1S/C24H28N2O3/c1-16(2)19-12-20(22(28)13-21(19)27)23-24(29-15-25-23)18-8-6-17(7-9-18)14-26-10-4-3-5-11-26/h6-9,12-13,15-16,27-28H,3-5,10-11,14H2,1-2H3. The Kier molecular flexibility index (Phi) is 5.58. The van der Waals surface area contributed by atoms with Gasteiger partial charge in [-0.15, -0.1) is 0 Å². The van der Waals surface area contributed by atoms with Crippen molar-refractivity contribution in [3.05, 3.63) is 53.9 Å². The number of aromatic nitrogens is 1. The first kappa shape index (κ1) is 19.5. The summed E-state index contributed by atoms with van der Waals surface area (Å²) in [6.45, 7) is 7.32. The Hall–Kier alpha value is -2.79. The van der Waals surface area contributed by atoms with Crippen molar-refractivity contribution in [1.29, 1.82) is 0 Å². The van der Waals surface area contributed by atoms with Gasteiger partial charge in [-0.2, -0.15) is 0 Å². The first-order valence-electron chi connectivity index (χ1n) is 10.3. The van der Waals surface area contributed by atoms with E-state index in [-0.39, 0.29) is 17.4 Å². The summed E-state index contributed by atoms with van der Waals surface area (Å²) < 4.78 is 5.69. The summed E-state index contributed by atoms with van der Waals surface area (Å²) in [5.41, 5.74) is 4.11. The van der Waals surface area contributed by atoms with Crippen LogP contribution < -0.4 is 0 Å². The molecule has 5 heteroatoms. The summed E-state index contributed by atoms with van der Waals surface area (Å²) in [6, 6.07) is 11.5. The van der Waals surface area contributed by atoms with E-state index < -0.39 is 0 Å². The van der Waals surface area contributed by atoms with E-state index in [0.29, 0.717) is 17.0 Å². The van der Waals surface area contributed by atoms with E-state index in [0.717, 1.165) is 17.7 Å². The molecule has 1 aromatic heterocycles. The highest BCUT2D eigenvalue weighted by molar-refractivity contribution is 5.81. The third kappa shape index (κ3) is 4.15. The fourth-order valence-electron chi connectivity index (χ4n) is 4.03. The van der Waals surface area contributed by atoms with Gasteiger partial charge in [-0.3, -0.25) is 4.90 Å². The molecular formula is C24H28N2O3. The number of hydrogen-bond donors (Lipinski definition) is 2. The zero-order valence-corrected chi connectivity index (χ0v) is 17.1. The van der Waals surface area contributed by atoms with Crippen LogP contribution in [-0.2, 0) is 6.54 Å². The lowest BCUT2D eigenvalue weighted by Gasteiger charge is -2.26. The molecule has 0 spiro atoms. The molecule has 3 aromatic rings. The Labute approximate surface area is 171 Å². The van der Waals surface area contributed by atoms with Gasteiger partial charge in [-0.1, -0.05) is 44.5 Å². The van der Waals surface area contributed by atoms with Crippen molar-refractivity contribution in [2.24, 2.45) is 0 Å². The second-order valence-corrected chi connectivity index (χ2v) is 8.15. The van der Waals surface area contributed by atoms with Crippen LogP contribution in [0.2, 0.25) is 0 Å². The normalized spacial score (nSPS) is 15.1. The molecule has 1 fully saturated rings. The molecule has 1 saturated heterocycles. The maximum Gasteiger partial charge on any atom is 0.182 e. The van der Waals surface area contributed by atoms with Crippen LogP contribution in [0.15, 0.2) is 47.2 Å². The summed E-state index contributed by atoms with van der Waals surface area (Å²) in [4.78, 5) is 6.85. The van der Waals surface area contributed by atoms with Crippen molar-refractivity contribution in [2.45, 2.75) is 45.6 Å². The molecule has 0 unspecified atom stereocenters. The molecule has 2 aromatic carbocycles. The second-order valence-electron chi connectivity index (χ2n) is 8.15.